The molecule has 0 aliphatic carbocycles. The van der Waals surface area contributed by atoms with Gasteiger partial charge in [-0.3, -0.25) is 10.1 Å². The second kappa shape index (κ2) is 10.2. The van der Waals surface area contributed by atoms with Crippen molar-refractivity contribution >= 4 is 17.7 Å². The number of carboxylic acid groups (broad SMARTS) is 1. The normalized spacial score (nSPS) is 14.0. The van der Waals surface area contributed by atoms with Crippen LogP contribution in [0, 0.1) is 0 Å². The molecule has 0 aliphatic heterocycles. The largest absolute Gasteiger partial charge is 0.480 e. The van der Waals surface area contributed by atoms with Gasteiger partial charge in [0.25, 0.3) is 0 Å². The molecule has 0 saturated carbocycles. The third kappa shape index (κ3) is 5.34. The number of benzene rings is 3. The lowest BCUT2D eigenvalue weighted by atomic mass is 9.84. The fraction of sp³-hybridized carbons (Fsp3) is 0.240. The van der Waals surface area contributed by atoms with Crippen LogP contribution < -0.4 is 5.32 Å². The van der Waals surface area contributed by atoms with Gasteiger partial charge in [0.05, 0.1) is 4.75 Å². The van der Waals surface area contributed by atoms with Crippen molar-refractivity contribution in [3.05, 3.63) is 108 Å². The molecule has 0 radical (unpaired) electrons. The molecule has 0 unspecified atom stereocenters. The van der Waals surface area contributed by atoms with Gasteiger partial charge in [0.1, 0.15) is 12.1 Å². The van der Waals surface area contributed by atoms with E-state index in [1.807, 2.05) is 91.0 Å². The maximum absolute atomic E-state index is 13.1. The highest BCUT2D eigenvalue weighted by atomic mass is 32.2. The average molecular weight is 460 g/mol. The van der Waals surface area contributed by atoms with Crippen LogP contribution in [0.25, 0.3) is 0 Å². The summed E-state index contributed by atoms with van der Waals surface area (Å²) in [5, 5.41) is 11.9. The molecule has 0 fully saturated rings. The maximum atomic E-state index is 13.1. The van der Waals surface area contributed by atoms with E-state index in [0.717, 1.165) is 23.6 Å². The van der Waals surface area contributed by atoms with Crippen LogP contribution in [0.4, 0.5) is 13.2 Å². The standard InChI is InChI=1S/C25H24F3NO2S/c1-18(25(26,27)28)29-22(23(30)31)17-32-24(19-11-5-2-6-12-19,20-13-7-3-8-14-20)21-15-9-4-10-16-21/h2-16,18,22,29H,17H2,1H3,(H,30,31)/t18-,22-/m0/s1. The maximum Gasteiger partial charge on any atom is 0.403 e. The SMILES string of the molecule is C[C@H](N[C@@H](CSC(c1ccccc1)(c1ccccc1)c1ccccc1)C(=O)O)C(F)(F)F. The van der Waals surface area contributed by atoms with Gasteiger partial charge in [0.15, 0.2) is 0 Å². The van der Waals surface area contributed by atoms with Crippen LogP contribution in [0.3, 0.4) is 0 Å². The number of thioether (sulfide) groups is 1. The predicted molar refractivity (Wildman–Crippen MR) is 122 cm³/mol. The summed E-state index contributed by atoms with van der Waals surface area (Å²) in [4.78, 5) is 11.8. The summed E-state index contributed by atoms with van der Waals surface area (Å²) >= 11 is 1.31. The summed E-state index contributed by atoms with van der Waals surface area (Å²) in [6.07, 6.45) is -4.53. The van der Waals surface area contributed by atoms with Crippen molar-refractivity contribution in [1.82, 2.24) is 5.32 Å². The first-order chi connectivity index (χ1) is 15.2. The first-order valence-electron chi connectivity index (χ1n) is 10.1. The Morgan fingerprint density at radius 2 is 1.22 bits per heavy atom. The minimum absolute atomic E-state index is 0.0750. The van der Waals surface area contributed by atoms with Crippen LogP contribution in [0.1, 0.15) is 23.6 Å². The summed E-state index contributed by atoms with van der Waals surface area (Å²) in [6, 6.07) is 25.5. The molecule has 7 heteroatoms. The van der Waals surface area contributed by atoms with Crippen LogP contribution in [-0.2, 0) is 9.54 Å². The van der Waals surface area contributed by atoms with Crippen LogP contribution in [0.5, 0.6) is 0 Å². The molecule has 3 aromatic carbocycles. The van der Waals surface area contributed by atoms with Gasteiger partial charge in [-0.15, -0.1) is 11.8 Å². The summed E-state index contributed by atoms with van der Waals surface area (Å²) in [5.74, 6) is -1.40. The van der Waals surface area contributed by atoms with E-state index >= 15 is 0 Å². The molecule has 0 aromatic heterocycles. The molecular weight excluding hydrogens is 435 g/mol. The van der Waals surface area contributed by atoms with Crippen molar-refractivity contribution < 1.29 is 23.1 Å². The Hall–Kier alpha value is -2.77. The molecule has 0 heterocycles. The molecule has 0 amide bonds. The minimum Gasteiger partial charge on any atom is -0.480 e. The molecule has 0 bridgehead atoms. The lowest BCUT2D eigenvalue weighted by molar-refractivity contribution is -0.157. The van der Waals surface area contributed by atoms with Gasteiger partial charge in [0.2, 0.25) is 0 Å². The molecular formula is C25H24F3NO2S. The highest BCUT2D eigenvalue weighted by Crippen LogP contribution is 2.48. The van der Waals surface area contributed by atoms with Gasteiger partial charge in [-0.2, -0.15) is 13.2 Å². The van der Waals surface area contributed by atoms with Crippen LogP contribution >= 0.6 is 11.8 Å². The first kappa shape index (κ1) is 23.9. The minimum atomic E-state index is -4.53. The number of carbonyl (C=O) groups is 1. The van der Waals surface area contributed by atoms with Crippen LogP contribution in [0.2, 0.25) is 0 Å². The molecule has 0 saturated heterocycles. The van der Waals surface area contributed by atoms with Crippen molar-refractivity contribution in [3.63, 3.8) is 0 Å². The Balaban J connectivity index is 2.07. The molecule has 3 nitrogen and oxygen atoms in total. The number of hydrogen-bond donors (Lipinski definition) is 2. The molecule has 0 aliphatic rings. The van der Waals surface area contributed by atoms with Crippen molar-refractivity contribution in [2.24, 2.45) is 0 Å². The average Bonchev–Trinajstić information content (AvgIpc) is 2.80. The van der Waals surface area contributed by atoms with E-state index in [0.29, 0.717) is 0 Å². The quantitative estimate of drug-likeness (QED) is 0.403. The van der Waals surface area contributed by atoms with Gasteiger partial charge in [-0.05, 0) is 23.6 Å². The zero-order valence-corrected chi connectivity index (χ0v) is 18.2. The topological polar surface area (TPSA) is 49.3 Å². The lowest BCUT2D eigenvalue weighted by Gasteiger charge is -2.36. The number of hydrogen-bond acceptors (Lipinski definition) is 3. The second-order valence-corrected chi connectivity index (χ2v) is 8.65. The number of nitrogens with one attached hydrogen (secondary N) is 1. The summed E-state index contributed by atoms with van der Waals surface area (Å²) in [6.45, 7) is 0.930. The van der Waals surface area contributed by atoms with Gasteiger partial charge < -0.3 is 5.11 Å². The van der Waals surface area contributed by atoms with E-state index in [9.17, 15) is 23.1 Å². The zero-order valence-electron chi connectivity index (χ0n) is 17.4. The third-order valence-electron chi connectivity index (χ3n) is 5.25. The summed E-state index contributed by atoms with van der Waals surface area (Å²) in [7, 11) is 0. The summed E-state index contributed by atoms with van der Waals surface area (Å²) in [5.41, 5.74) is 2.74. The van der Waals surface area contributed by atoms with Gasteiger partial charge >= 0.3 is 12.1 Å². The first-order valence-corrected chi connectivity index (χ1v) is 11.1. The Morgan fingerprint density at radius 1 is 0.844 bits per heavy atom. The van der Waals surface area contributed by atoms with E-state index in [1.54, 1.807) is 0 Å². The van der Waals surface area contributed by atoms with E-state index in [-0.39, 0.29) is 5.75 Å². The summed E-state index contributed by atoms with van der Waals surface area (Å²) < 4.78 is 38.4. The monoisotopic (exact) mass is 459 g/mol. The van der Waals surface area contributed by atoms with Crippen molar-refractivity contribution in [2.45, 2.75) is 29.9 Å². The van der Waals surface area contributed by atoms with Gasteiger partial charge in [-0.1, -0.05) is 91.0 Å². The Morgan fingerprint density at radius 3 is 1.53 bits per heavy atom. The van der Waals surface area contributed by atoms with E-state index < -0.39 is 29.0 Å². The Labute approximate surface area is 189 Å². The fourth-order valence-electron chi connectivity index (χ4n) is 3.56. The predicted octanol–water partition coefficient (Wildman–Crippen LogP) is 5.71. The number of carboxylic acids is 1. The molecule has 2 N–H and O–H groups in total. The fourth-order valence-corrected chi connectivity index (χ4v) is 5.13. The smallest absolute Gasteiger partial charge is 0.403 e. The van der Waals surface area contributed by atoms with E-state index in [1.165, 1.54) is 11.8 Å². The highest BCUT2D eigenvalue weighted by Gasteiger charge is 2.41. The Kier molecular flexibility index (Phi) is 7.64. The van der Waals surface area contributed by atoms with Gasteiger partial charge in [0, 0.05) is 5.75 Å². The van der Waals surface area contributed by atoms with Gasteiger partial charge in [-0.25, -0.2) is 0 Å². The van der Waals surface area contributed by atoms with Crippen molar-refractivity contribution in [2.75, 3.05) is 5.75 Å². The van der Waals surface area contributed by atoms with Crippen molar-refractivity contribution in [1.29, 1.82) is 0 Å². The molecule has 2 atom stereocenters. The Bertz CT molecular complexity index is 901. The molecule has 3 rings (SSSR count). The lowest BCUT2D eigenvalue weighted by Crippen LogP contribution is -2.50. The van der Waals surface area contributed by atoms with E-state index in [2.05, 4.69) is 5.32 Å². The number of alkyl halides is 3. The third-order valence-corrected chi connectivity index (χ3v) is 6.89. The molecule has 168 valence electrons. The molecule has 3 aromatic rings. The van der Waals surface area contributed by atoms with Crippen LogP contribution in [0.15, 0.2) is 91.0 Å². The van der Waals surface area contributed by atoms with Crippen LogP contribution in [-0.4, -0.2) is 35.1 Å². The molecule has 32 heavy (non-hydrogen) atoms. The second-order valence-electron chi connectivity index (χ2n) is 7.41. The highest BCUT2D eigenvalue weighted by molar-refractivity contribution is 8.00. The van der Waals surface area contributed by atoms with E-state index in [4.69, 9.17) is 0 Å². The van der Waals surface area contributed by atoms with Crippen molar-refractivity contribution in [3.8, 4) is 0 Å². The number of rotatable bonds is 9. The number of aliphatic carboxylic acids is 1. The number of halogens is 3. The molecule has 0 spiro atoms. The zero-order chi connectivity index (χ0) is 23.2.